The molecule has 0 unspecified atom stereocenters. The van der Waals surface area contributed by atoms with Gasteiger partial charge in [-0.15, -0.1) is 0 Å². The van der Waals surface area contributed by atoms with E-state index in [0.717, 1.165) is 6.54 Å². The SMILES string of the molecule is CCCCCCCCCCCCCCCCCCCCCCCCCCCCCNCC. The van der Waals surface area contributed by atoms with Crippen LogP contribution in [0.25, 0.3) is 0 Å². The highest BCUT2D eigenvalue weighted by Gasteiger charge is 1.96. The lowest BCUT2D eigenvalue weighted by Gasteiger charge is -2.04. The molecule has 0 rings (SSSR count). The van der Waals surface area contributed by atoms with Crippen molar-refractivity contribution in [1.82, 2.24) is 5.32 Å². The van der Waals surface area contributed by atoms with Gasteiger partial charge in [0.2, 0.25) is 0 Å². The van der Waals surface area contributed by atoms with Crippen LogP contribution in [0.4, 0.5) is 0 Å². The first kappa shape index (κ1) is 32.0. The molecule has 32 heavy (non-hydrogen) atoms. The van der Waals surface area contributed by atoms with Gasteiger partial charge < -0.3 is 5.32 Å². The molecule has 0 heterocycles. The first-order valence-corrected chi connectivity index (χ1v) is 15.6. The first-order chi connectivity index (χ1) is 15.9. The smallest absolute Gasteiger partial charge is 0.00490 e. The van der Waals surface area contributed by atoms with Crippen LogP contribution in [0, 0.1) is 0 Å². The van der Waals surface area contributed by atoms with E-state index in [2.05, 4.69) is 19.2 Å². The van der Waals surface area contributed by atoms with Crippen molar-refractivity contribution in [1.29, 1.82) is 0 Å². The molecule has 0 spiro atoms. The fraction of sp³-hybridized carbons (Fsp3) is 1.00. The molecule has 0 atom stereocenters. The minimum atomic E-state index is 1.12. The zero-order chi connectivity index (χ0) is 23.2. The second-order valence-electron chi connectivity index (χ2n) is 10.5. The number of unbranched alkanes of at least 4 members (excludes halogenated alkanes) is 26. The number of hydrogen-bond acceptors (Lipinski definition) is 1. The van der Waals surface area contributed by atoms with Crippen molar-refractivity contribution in [2.75, 3.05) is 13.1 Å². The van der Waals surface area contributed by atoms with Crippen molar-refractivity contribution in [3.63, 3.8) is 0 Å². The standard InChI is InChI=1S/C31H65N/c1-3-5-6-7-8-9-10-11-12-13-14-15-16-17-18-19-20-21-22-23-24-25-26-27-28-29-30-31-32-4-2/h32H,3-31H2,1-2H3. The molecule has 1 N–H and O–H groups in total. The topological polar surface area (TPSA) is 12.0 Å². The maximum absolute atomic E-state index is 3.42. The number of nitrogens with one attached hydrogen (secondary N) is 1. The Bertz CT molecular complexity index is 271. The van der Waals surface area contributed by atoms with Gasteiger partial charge >= 0.3 is 0 Å². The lowest BCUT2D eigenvalue weighted by molar-refractivity contribution is 0.514. The van der Waals surface area contributed by atoms with Gasteiger partial charge in [0.05, 0.1) is 0 Å². The summed E-state index contributed by atoms with van der Waals surface area (Å²) in [7, 11) is 0. The quantitative estimate of drug-likeness (QED) is 0.111. The van der Waals surface area contributed by atoms with Crippen molar-refractivity contribution < 1.29 is 0 Å². The van der Waals surface area contributed by atoms with Crippen molar-refractivity contribution in [3.8, 4) is 0 Å². The van der Waals surface area contributed by atoms with Crippen LogP contribution in [0.3, 0.4) is 0 Å². The van der Waals surface area contributed by atoms with Crippen LogP contribution < -0.4 is 5.32 Å². The van der Waals surface area contributed by atoms with Gasteiger partial charge in [0.15, 0.2) is 0 Å². The molecule has 0 aromatic heterocycles. The van der Waals surface area contributed by atoms with E-state index in [1.165, 1.54) is 180 Å². The normalized spacial score (nSPS) is 11.4. The fourth-order valence-electron chi connectivity index (χ4n) is 4.92. The Morgan fingerprint density at radius 3 is 0.719 bits per heavy atom. The molecule has 0 aromatic carbocycles. The van der Waals surface area contributed by atoms with Gasteiger partial charge in [-0.1, -0.05) is 181 Å². The molecular weight excluding hydrogens is 386 g/mol. The second-order valence-corrected chi connectivity index (χ2v) is 10.5. The first-order valence-electron chi connectivity index (χ1n) is 15.6. The van der Waals surface area contributed by atoms with Gasteiger partial charge in [0, 0.05) is 0 Å². The van der Waals surface area contributed by atoms with Crippen LogP contribution in [0.5, 0.6) is 0 Å². The summed E-state index contributed by atoms with van der Waals surface area (Å²) in [5, 5.41) is 3.42. The average Bonchev–Trinajstić information content (AvgIpc) is 2.81. The highest BCUT2D eigenvalue weighted by Crippen LogP contribution is 2.16. The summed E-state index contributed by atoms with van der Waals surface area (Å²) >= 11 is 0. The zero-order valence-corrected chi connectivity index (χ0v) is 23.0. The molecule has 194 valence electrons. The van der Waals surface area contributed by atoms with E-state index in [1.54, 1.807) is 0 Å². The Labute approximate surface area is 205 Å². The molecule has 0 aliphatic heterocycles. The molecule has 1 nitrogen and oxygen atoms in total. The molecule has 0 aliphatic carbocycles. The molecule has 0 amide bonds. The summed E-state index contributed by atoms with van der Waals surface area (Å²) < 4.78 is 0. The lowest BCUT2D eigenvalue weighted by atomic mass is 10.0. The maximum Gasteiger partial charge on any atom is -0.00490 e. The lowest BCUT2D eigenvalue weighted by Crippen LogP contribution is -2.13. The summed E-state index contributed by atoms with van der Waals surface area (Å²) in [5.41, 5.74) is 0. The molecule has 0 radical (unpaired) electrons. The Morgan fingerprint density at radius 1 is 0.281 bits per heavy atom. The molecule has 0 saturated heterocycles. The second kappa shape index (κ2) is 31.0. The maximum atomic E-state index is 3.42. The fourth-order valence-corrected chi connectivity index (χ4v) is 4.92. The van der Waals surface area contributed by atoms with E-state index in [1.807, 2.05) is 0 Å². The van der Waals surface area contributed by atoms with Crippen LogP contribution in [0.15, 0.2) is 0 Å². The van der Waals surface area contributed by atoms with Crippen molar-refractivity contribution in [3.05, 3.63) is 0 Å². The van der Waals surface area contributed by atoms with Crippen LogP contribution in [0.1, 0.15) is 187 Å². The zero-order valence-electron chi connectivity index (χ0n) is 23.0. The van der Waals surface area contributed by atoms with Crippen LogP contribution in [-0.4, -0.2) is 13.1 Å². The van der Waals surface area contributed by atoms with Crippen molar-refractivity contribution in [2.24, 2.45) is 0 Å². The summed E-state index contributed by atoms with van der Waals surface area (Å²) in [5.74, 6) is 0. The predicted molar refractivity (Wildman–Crippen MR) is 149 cm³/mol. The third-order valence-corrected chi connectivity index (χ3v) is 7.21. The van der Waals surface area contributed by atoms with Gasteiger partial charge in [-0.05, 0) is 19.5 Å². The molecule has 0 saturated carbocycles. The van der Waals surface area contributed by atoms with E-state index in [4.69, 9.17) is 0 Å². The molecule has 0 bridgehead atoms. The Hall–Kier alpha value is -0.0400. The van der Waals surface area contributed by atoms with E-state index in [0.29, 0.717) is 0 Å². The highest BCUT2D eigenvalue weighted by molar-refractivity contribution is 4.52. The van der Waals surface area contributed by atoms with Crippen LogP contribution in [0.2, 0.25) is 0 Å². The van der Waals surface area contributed by atoms with Gasteiger partial charge in [-0.2, -0.15) is 0 Å². The largest absolute Gasteiger partial charge is 0.317 e. The van der Waals surface area contributed by atoms with Crippen LogP contribution in [-0.2, 0) is 0 Å². The van der Waals surface area contributed by atoms with Gasteiger partial charge in [0.25, 0.3) is 0 Å². The van der Waals surface area contributed by atoms with E-state index >= 15 is 0 Å². The highest BCUT2D eigenvalue weighted by atomic mass is 14.8. The third-order valence-electron chi connectivity index (χ3n) is 7.21. The van der Waals surface area contributed by atoms with Crippen molar-refractivity contribution in [2.45, 2.75) is 187 Å². The van der Waals surface area contributed by atoms with Crippen molar-refractivity contribution >= 4 is 0 Å². The van der Waals surface area contributed by atoms with Crippen LogP contribution >= 0.6 is 0 Å². The summed E-state index contributed by atoms with van der Waals surface area (Å²) in [4.78, 5) is 0. The van der Waals surface area contributed by atoms with E-state index in [9.17, 15) is 0 Å². The summed E-state index contributed by atoms with van der Waals surface area (Å²) in [6, 6.07) is 0. The van der Waals surface area contributed by atoms with E-state index in [-0.39, 0.29) is 0 Å². The predicted octanol–water partition coefficient (Wildman–Crippen LogP) is 11.1. The molecule has 1 heteroatoms. The Kier molecular flexibility index (Phi) is 30.9. The molecule has 0 aromatic rings. The van der Waals surface area contributed by atoms with E-state index < -0.39 is 0 Å². The number of hydrogen-bond donors (Lipinski definition) is 1. The minimum Gasteiger partial charge on any atom is -0.317 e. The average molecular weight is 452 g/mol. The van der Waals surface area contributed by atoms with Gasteiger partial charge in [0.1, 0.15) is 0 Å². The third kappa shape index (κ3) is 30.0. The molecule has 0 fully saturated rings. The minimum absolute atomic E-state index is 1.12. The molecule has 0 aliphatic rings. The summed E-state index contributed by atoms with van der Waals surface area (Å²) in [6.45, 7) is 6.84. The number of rotatable bonds is 29. The summed E-state index contributed by atoms with van der Waals surface area (Å²) in [6.07, 6.45) is 39.7. The Balaban J connectivity index is 2.98. The Morgan fingerprint density at radius 2 is 0.500 bits per heavy atom. The molecular formula is C31H65N. The van der Waals surface area contributed by atoms with Gasteiger partial charge in [-0.3, -0.25) is 0 Å². The monoisotopic (exact) mass is 452 g/mol. The van der Waals surface area contributed by atoms with Gasteiger partial charge in [-0.25, -0.2) is 0 Å².